The van der Waals surface area contributed by atoms with Crippen molar-refractivity contribution in [1.29, 1.82) is 0 Å². The largest absolute Gasteiger partial charge is 0.392 e. The normalized spacial score (nSPS) is 26.3. The van der Waals surface area contributed by atoms with Gasteiger partial charge in [-0.2, -0.15) is 0 Å². The van der Waals surface area contributed by atoms with E-state index in [4.69, 9.17) is 4.74 Å². The van der Waals surface area contributed by atoms with Gasteiger partial charge in [-0.15, -0.1) is 0 Å². The molecule has 2 saturated heterocycles. The second kappa shape index (κ2) is 7.22. The molecule has 2 atom stereocenters. The van der Waals surface area contributed by atoms with Crippen LogP contribution in [0.1, 0.15) is 24.8 Å². The van der Waals surface area contributed by atoms with Crippen molar-refractivity contribution in [3.8, 4) is 0 Å². The molecule has 0 aromatic heterocycles. The molecule has 2 fully saturated rings. The van der Waals surface area contributed by atoms with Gasteiger partial charge in [0.15, 0.2) is 0 Å². The number of likely N-dealkylation sites (tertiary alicyclic amines) is 1. The average Bonchev–Trinajstić information content (AvgIpc) is 3.00. The number of nitrogens with zero attached hydrogens (tertiary/aromatic N) is 1. The molecule has 5 heteroatoms. The number of β-amino-alcohol motifs (C(OH)–C–C–N with tert-alkyl or cyclic N) is 1. The summed E-state index contributed by atoms with van der Waals surface area (Å²) < 4.78 is 5.95. The molecule has 1 amide bonds. The van der Waals surface area contributed by atoms with E-state index in [1.165, 1.54) is 5.56 Å². The van der Waals surface area contributed by atoms with Crippen molar-refractivity contribution >= 4 is 5.91 Å². The Labute approximate surface area is 131 Å². The van der Waals surface area contributed by atoms with Crippen LogP contribution in [0, 0.1) is 0 Å². The Kier molecular flexibility index (Phi) is 5.08. The fraction of sp³-hybridized carbons (Fsp3) is 0.588. The van der Waals surface area contributed by atoms with Gasteiger partial charge in [0.25, 0.3) is 0 Å². The lowest BCUT2D eigenvalue weighted by Crippen LogP contribution is -2.48. The van der Waals surface area contributed by atoms with Crippen LogP contribution >= 0.6 is 0 Å². The molecule has 0 unspecified atom stereocenters. The molecule has 2 aliphatic rings. The third-order valence-electron chi connectivity index (χ3n) is 4.49. The Balaban J connectivity index is 1.41. The third-order valence-corrected chi connectivity index (χ3v) is 4.49. The molecular formula is C17H24N2O3. The van der Waals surface area contributed by atoms with E-state index in [-0.39, 0.29) is 24.2 Å². The van der Waals surface area contributed by atoms with Crippen molar-refractivity contribution < 1.29 is 14.6 Å². The molecule has 1 aromatic rings. The van der Waals surface area contributed by atoms with E-state index < -0.39 is 0 Å². The summed E-state index contributed by atoms with van der Waals surface area (Å²) in [6, 6.07) is 9.95. The Morgan fingerprint density at radius 1 is 1.27 bits per heavy atom. The summed E-state index contributed by atoms with van der Waals surface area (Å²) in [5.74, 6) is 0.123. The number of carbonyl (C=O) groups excluding carboxylic acids is 1. The number of ether oxygens (including phenoxy) is 1. The lowest BCUT2D eigenvalue weighted by molar-refractivity contribution is -0.136. The SMILES string of the molecule is O=C([C@@H]1C[C@H](O)CN1)N1CCC(OCc2ccccc2)CC1. The van der Waals surface area contributed by atoms with Gasteiger partial charge >= 0.3 is 0 Å². The average molecular weight is 304 g/mol. The van der Waals surface area contributed by atoms with Gasteiger partial charge < -0.3 is 20.1 Å². The maximum Gasteiger partial charge on any atom is 0.239 e. The molecule has 2 heterocycles. The van der Waals surface area contributed by atoms with Gasteiger partial charge in [-0.3, -0.25) is 4.79 Å². The minimum absolute atomic E-state index is 0.123. The lowest BCUT2D eigenvalue weighted by atomic mass is 10.1. The number of rotatable bonds is 4. The summed E-state index contributed by atoms with van der Waals surface area (Å²) in [6.45, 7) is 2.64. The van der Waals surface area contributed by atoms with Gasteiger partial charge in [-0.05, 0) is 24.8 Å². The molecule has 1 aromatic carbocycles. The number of aliphatic hydroxyl groups is 1. The molecule has 0 spiro atoms. The fourth-order valence-electron chi connectivity index (χ4n) is 3.16. The molecule has 0 saturated carbocycles. The number of aliphatic hydroxyl groups excluding tert-OH is 1. The Hall–Kier alpha value is -1.43. The minimum Gasteiger partial charge on any atom is -0.392 e. The zero-order valence-electron chi connectivity index (χ0n) is 12.8. The second-order valence-electron chi connectivity index (χ2n) is 6.17. The van der Waals surface area contributed by atoms with E-state index >= 15 is 0 Å². The number of amides is 1. The van der Waals surface area contributed by atoms with Crippen molar-refractivity contribution in [2.75, 3.05) is 19.6 Å². The van der Waals surface area contributed by atoms with Gasteiger partial charge in [0.1, 0.15) is 0 Å². The first-order chi connectivity index (χ1) is 10.7. The molecule has 22 heavy (non-hydrogen) atoms. The van der Waals surface area contributed by atoms with E-state index in [0.29, 0.717) is 19.6 Å². The number of hydrogen-bond donors (Lipinski definition) is 2. The van der Waals surface area contributed by atoms with Crippen LogP contribution in [0.5, 0.6) is 0 Å². The van der Waals surface area contributed by atoms with Crippen molar-refractivity contribution in [3.05, 3.63) is 35.9 Å². The maximum atomic E-state index is 12.3. The smallest absolute Gasteiger partial charge is 0.239 e. The molecule has 0 bridgehead atoms. The van der Waals surface area contributed by atoms with E-state index in [1.807, 2.05) is 23.1 Å². The van der Waals surface area contributed by atoms with Crippen molar-refractivity contribution in [2.24, 2.45) is 0 Å². The predicted octanol–water partition coefficient (Wildman–Crippen LogP) is 0.917. The van der Waals surface area contributed by atoms with Crippen LogP contribution in [0.15, 0.2) is 30.3 Å². The van der Waals surface area contributed by atoms with Crippen LogP contribution in [0.4, 0.5) is 0 Å². The standard InChI is InChI=1S/C17H24N2O3/c20-14-10-16(18-11-14)17(21)19-8-6-15(7-9-19)22-12-13-4-2-1-3-5-13/h1-5,14-16,18,20H,6-12H2/t14-,16-/m0/s1. The number of hydrogen-bond acceptors (Lipinski definition) is 4. The molecule has 3 rings (SSSR count). The Morgan fingerprint density at radius 2 is 2.00 bits per heavy atom. The minimum atomic E-state index is -0.388. The maximum absolute atomic E-state index is 12.3. The third kappa shape index (κ3) is 3.85. The number of nitrogens with one attached hydrogen (secondary N) is 1. The van der Waals surface area contributed by atoms with Crippen molar-refractivity contribution in [3.63, 3.8) is 0 Å². The summed E-state index contributed by atoms with van der Waals surface area (Å²) in [5.41, 5.74) is 1.19. The Morgan fingerprint density at radius 3 is 2.64 bits per heavy atom. The highest BCUT2D eigenvalue weighted by Gasteiger charge is 2.33. The zero-order valence-corrected chi connectivity index (χ0v) is 12.8. The molecule has 2 N–H and O–H groups in total. The van der Waals surface area contributed by atoms with Crippen LogP contribution in [0.2, 0.25) is 0 Å². The van der Waals surface area contributed by atoms with Crippen LogP contribution in [-0.2, 0) is 16.1 Å². The highest BCUT2D eigenvalue weighted by molar-refractivity contribution is 5.82. The van der Waals surface area contributed by atoms with Gasteiger partial charge in [0, 0.05) is 19.6 Å². The summed E-state index contributed by atoms with van der Waals surface area (Å²) in [6.07, 6.45) is 2.14. The highest BCUT2D eigenvalue weighted by Crippen LogP contribution is 2.18. The quantitative estimate of drug-likeness (QED) is 0.868. The number of benzene rings is 1. The number of carbonyl (C=O) groups is 1. The monoisotopic (exact) mass is 304 g/mol. The first-order valence-electron chi connectivity index (χ1n) is 8.08. The van der Waals surface area contributed by atoms with Crippen molar-refractivity contribution in [2.45, 2.75) is 44.1 Å². The van der Waals surface area contributed by atoms with E-state index in [1.54, 1.807) is 0 Å². The van der Waals surface area contributed by atoms with E-state index in [9.17, 15) is 9.90 Å². The van der Waals surface area contributed by atoms with E-state index in [0.717, 1.165) is 25.9 Å². The second-order valence-corrected chi connectivity index (χ2v) is 6.17. The molecular weight excluding hydrogens is 280 g/mol. The lowest BCUT2D eigenvalue weighted by Gasteiger charge is -2.33. The van der Waals surface area contributed by atoms with Gasteiger partial charge in [0.05, 0.1) is 24.9 Å². The first-order valence-corrected chi connectivity index (χ1v) is 8.08. The Bertz CT molecular complexity index is 486. The summed E-state index contributed by atoms with van der Waals surface area (Å²) >= 11 is 0. The van der Waals surface area contributed by atoms with Crippen LogP contribution in [0.3, 0.4) is 0 Å². The molecule has 0 radical (unpaired) electrons. The highest BCUT2D eigenvalue weighted by atomic mass is 16.5. The topological polar surface area (TPSA) is 61.8 Å². The fourth-order valence-corrected chi connectivity index (χ4v) is 3.16. The molecule has 120 valence electrons. The molecule has 2 aliphatic heterocycles. The predicted molar refractivity (Wildman–Crippen MR) is 83.2 cm³/mol. The number of piperidine rings is 1. The molecule has 5 nitrogen and oxygen atoms in total. The zero-order chi connectivity index (χ0) is 15.4. The van der Waals surface area contributed by atoms with Crippen molar-refractivity contribution in [1.82, 2.24) is 10.2 Å². The summed E-state index contributed by atoms with van der Waals surface area (Å²) in [4.78, 5) is 14.2. The van der Waals surface area contributed by atoms with Gasteiger partial charge in [-0.1, -0.05) is 30.3 Å². The van der Waals surface area contributed by atoms with Gasteiger partial charge in [0.2, 0.25) is 5.91 Å². The summed E-state index contributed by atoms with van der Waals surface area (Å²) in [7, 11) is 0. The van der Waals surface area contributed by atoms with Crippen LogP contribution in [0.25, 0.3) is 0 Å². The van der Waals surface area contributed by atoms with Crippen LogP contribution < -0.4 is 5.32 Å². The van der Waals surface area contributed by atoms with Gasteiger partial charge in [-0.25, -0.2) is 0 Å². The summed E-state index contributed by atoms with van der Waals surface area (Å²) in [5, 5.41) is 12.6. The van der Waals surface area contributed by atoms with E-state index in [2.05, 4.69) is 17.4 Å². The van der Waals surface area contributed by atoms with Crippen LogP contribution in [-0.4, -0.2) is 53.8 Å². The first kappa shape index (κ1) is 15.5. The molecule has 0 aliphatic carbocycles.